The van der Waals surface area contributed by atoms with Gasteiger partial charge >= 0.3 is 0 Å². The van der Waals surface area contributed by atoms with Crippen LogP contribution in [0.5, 0.6) is 0 Å². The van der Waals surface area contributed by atoms with Crippen LogP contribution in [0, 0.1) is 12.5 Å². The molecule has 0 aromatic carbocycles. The van der Waals surface area contributed by atoms with E-state index in [0.29, 0.717) is 12.8 Å². The van der Waals surface area contributed by atoms with E-state index in [1.165, 1.54) is 13.0 Å². The molecule has 0 spiro atoms. The van der Waals surface area contributed by atoms with Crippen LogP contribution in [0.25, 0.3) is 0 Å². The fourth-order valence-corrected chi connectivity index (χ4v) is 0.683. The summed E-state index contributed by atoms with van der Waals surface area (Å²) in [6, 6.07) is 0. The van der Waals surface area contributed by atoms with Gasteiger partial charge in [-0.05, 0) is 13.3 Å². The minimum atomic E-state index is -0.245. The Morgan fingerprint density at radius 3 is 2.60 bits per heavy atom. The Bertz CT molecular complexity index is 138. The molecule has 0 saturated heterocycles. The van der Waals surface area contributed by atoms with Crippen molar-refractivity contribution in [3.8, 4) is 0 Å². The summed E-state index contributed by atoms with van der Waals surface area (Å²) < 4.78 is 0. The molecule has 2 heteroatoms. The molecule has 1 radical (unpaired) electrons. The van der Waals surface area contributed by atoms with E-state index in [0.717, 1.165) is 6.29 Å². The molecule has 0 aliphatic carbocycles. The van der Waals surface area contributed by atoms with Crippen LogP contribution in [0.3, 0.4) is 0 Å². The summed E-state index contributed by atoms with van der Waals surface area (Å²) in [5, 5.41) is 0. The Kier molecular flexibility index (Phi) is 4.46. The number of Topliss-reactive ketones (excluding diaryl/α,β-unsaturated/α-hetero) is 1. The summed E-state index contributed by atoms with van der Waals surface area (Å²) in [7, 11) is 0. The van der Waals surface area contributed by atoms with Crippen molar-refractivity contribution in [1.82, 2.24) is 0 Å². The fourth-order valence-electron chi connectivity index (χ4n) is 0.683. The van der Waals surface area contributed by atoms with Crippen molar-refractivity contribution in [3.63, 3.8) is 0 Å². The standard InChI is InChI=1S/C8H11O2/c1-3-8(7(2)10)5-4-6-9/h1,3,6,8H,4-5H2,2H3. The van der Waals surface area contributed by atoms with E-state index in [-0.39, 0.29) is 11.7 Å². The second-order valence-electron chi connectivity index (χ2n) is 2.15. The zero-order valence-electron chi connectivity index (χ0n) is 6.04. The van der Waals surface area contributed by atoms with Gasteiger partial charge in [0.1, 0.15) is 12.1 Å². The molecular weight excluding hydrogens is 128 g/mol. The lowest BCUT2D eigenvalue weighted by Crippen LogP contribution is -2.07. The van der Waals surface area contributed by atoms with Crippen molar-refractivity contribution in [3.05, 3.63) is 12.7 Å². The van der Waals surface area contributed by atoms with Crippen molar-refractivity contribution in [1.29, 1.82) is 0 Å². The first-order valence-electron chi connectivity index (χ1n) is 3.21. The first-order chi connectivity index (χ1) is 4.72. The van der Waals surface area contributed by atoms with Crippen LogP contribution >= 0.6 is 0 Å². The summed E-state index contributed by atoms with van der Waals surface area (Å²) >= 11 is 0. The minimum Gasteiger partial charge on any atom is -0.303 e. The Labute approximate surface area is 60.9 Å². The van der Waals surface area contributed by atoms with E-state index < -0.39 is 0 Å². The summed E-state index contributed by atoms with van der Waals surface area (Å²) in [6.07, 6.45) is 3.07. The van der Waals surface area contributed by atoms with Gasteiger partial charge < -0.3 is 4.79 Å². The van der Waals surface area contributed by atoms with Gasteiger partial charge in [-0.25, -0.2) is 0 Å². The van der Waals surface area contributed by atoms with Crippen molar-refractivity contribution in [2.75, 3.05) is 0 Å². The lowest BCUT2D eigenvalue weighted by Gasteiger charge is -2.03. The Morgan fingerprint density at radius 1 is 1.70 bits per heavy atom. The van der Waals surface area contributed by atoms with Crippen LogP contribution in [0.2, 0.25) is 0 Å². The second-order valence-corrected chi connectivity index (χ2v) is 2.15. The second kappa shape index (κ2) is 4.91. The van der Waals surface area contributed by atoms with E-state index in [4.69, 9.17) is 6.58 Å². The van der Waals surface area contributed by atoms with E-state index in [1.807, 2.05) is 0 Å². The van der Waals surface area contributed by atoms with Gasteiger partial charge in [-0.3, -0.25) is 4.79 Å². The third-order valence-corrected chi connectivity index (χ3v) is 1.35. The molecule has 0 aliphatic rings. The number of hydrogen-bond donors (Lipinski definition) is 0. The Morgan fingerprint density at radius 2 is 2.30 bits per heavy atom. The fraction of sp³-hybridized carbons (Fsp3) is 0.500. The number of aldehydes is 1. The Balaban J connectivity index is 3.71. The molecule has 0 amide bonds. The molecule has 0 aliphatic heterocycles. The van der Waals surface area contributed by atoms with Crippen LogP contribution in [0.15, 0.2) is 6.08 Å². The molecule has 0 N–H and O–H groups in total. The van der Waals surface area contributed by atoms with Gasteiger partial charge in [-0.15, -0.1) is 0 Å². The lowest BCUT2D eigenvalue weighted by molar-refractivity contribution is -0.119. The van der Waals surface area contributed by atoms with Crippen molar-refractivity contribution in [2.45, 2.75) is 19.8 Å². The third kappa shape index (κ3) is 3.17. The molecule has 0 bridgehead atoms. The van der Waals surface area contributed by atoms with E-state index in [1.54, 1.807) is 0 Å². The molecule has 0 aromatic heterocycles. The smallest absolute Gasteiger partial charge is 0.136 e. The number of hydrogen-bond acceptors (Lipinski definition) is 2. The first kappa shape index (κ1) is 9.08. The molecule has 1 atom stereocenters. The average molecular weight is 139 g/mol. The number of rotatable bonds is 5. The van der Waals surface area contributed by atoms with Crippen LogP contribution in [0.1, 0.15) is 19.8 Å². The van der Waals surface area contributed by atoms with Gasteiger partial charge in [0, 0.05) is 12.3 Å². The molecule has 0 heterocycles. The van der Waals surface area contributed by atoms with Crippen molar-refractivity contribution in [2.24, 2.45) is 5.92 Å². The highest BCUT2D eigenvalue weighted by molar-refractivity contribution is 5.80. The van der Waals surface area contributed by atoms with Gasteiger partial charge in [0.2, 0.25) is 0 Å². The highest BCUT2D eigenvalue weighted by Gasteiger charge is 2.07. The molecule has 0 aromatic rings. The van der Waals surface area contributed by atoms with E-state index in [9.17, 15) is 9.59 Å². The summed E-state index contributed by atoms with van der Waals surface area (Å²) in [5.41, 5.74) is 0. The molecule has 10 heavy (non-hydrogen) atoms. The molecule has 0 fully saturated rings. The molecule has 0 rings (SSSR count). The van der Waals surface area contributed by atoms with Crippen LogP contribution in [-0.4, -0.2) is 12.1 Å². The molecular formula is C8H11O2. The van der Waals surface area contributed by atoms with Crippen molar-refractivity contribution < 1.29 is 9.59 Å². The van der Waals surface area contributed by atoms with Gasteiger partial charge in [0.25, 0.3) is 0 Å². The maximum atomic E-state index is 10.7. The summed E-state index contributed by atoms with van der Waals surface area (Å²) in [5.74, 6) is -0.227. The maximum Gasteiger partial charge on any atom is 0.136 e. The van der Waals surface area contributed by atoms with Gasteiger partial charge in [0.15, 0.2) is 0 Å². The highest BCUT2D eigenvalue weighted by Crippen LogP contribution is 2.06. The molecule has 0 saturated carbocycles. The molecule has 2 nitrogen and oxygen atoms in total. The SMILES string of the molecule is [CH]=CC(CCC=O)C(C)=O. The van der Waals surface area contributed by atoms with Crippen LogP contribution < -0.4 is 0 Å². The average Bonchev–Trinajstić information content (AvgIpc) is 1.89. The van der Waals surface area contributed by atoms with Gasteiger partial charge in [-0.2, -0.15) is 0 Å². The monoisotopic (exact) mass is 139 g/mol. The lowest BCUT2D eigenvalue weighted by atomic mass is 10.0. The van der Waals surface area contributed by atoms with Gasteiger partial charge in [-0.1, -0.05) is 12.7 Å². The topological polar surface area (TPSA) is 34.1 Å². The highest BCUT2D eigenvalue weighted by atomic mass is 16.1. The largest absolute Gasteiger partial charge is 0.303 e. The van der Waals surface area contributed by atoms with Crippen LogP contribution in [0.4, 0.5) is 0 Å². The number of ketones is 1. The predicted octanol–water partition coefficient (Wildman–Crippen LogP) is 1.16. The van der Waals surface area contributed by atoms with Gasteiger partial charge in [0.05, 0.1) is 0 Å². The zero-order chi connectivity index (χ0) is 7.98. The number of carbonyl (C=O) groups is 2. The third-order valence-electron chi connectivity index (χ3n) is 1.35. The molecule has 1 unspecified atom stereocenters. The predicted molar refractivity (Wildman–Crippen MR) is 38.3 cm³/mol. The number of allylic oxidation sites excluding steroid dienone is 1. The minimum absolute atomic E-state index is 0.0179. The first-order valence-corrected chi connectivity index (χ1v) is 3.21. The van der Waals surface area contributed by atoms with Crippen molar-refractivity contribution >= 4 is 12.1 Å². The summed E-state index contributed by atoms with van der Waals surface area (Å²) in [6.45, 7) is 6.62. The zero-order valence-corrected chi connectivity index (χ0v) is 6.04. The Hall–Kier alpha value is -0.920. The van der Waals surface area contributed by atoms with E-state index in [2.05, 4.69) is 0 Å². The van der Waals surface area contributed by atoms with Crippen LogP contribution in [-0.2, 0) is 9.59 Å². The molecule has 55 valence electrons. The maximum absolute atomic E-state index is 10.7. The number of carbonyl (C=O) groups excluding carboxylic acids is 2. The normalized spacial score (nSPS) is 12.1. The quantitative estimate of drug-likeness (QED) is 0.535. The van der Waals surface area contributed by atoms with E-state index >= 15 is 0 Å². The summed E-state index contributed by atoms with van der Waals surface area (Å²) in [4.78, 5) is 20.5.